The Morgan fingerprint density at radius 3 is 2.88 bits per heavy atom. The van der Waals surface area contributed by atoms with E-state index in [-0.39, 0.29) is 29.9 Å². The monoisotopic (exact) mass is 478 g/mol. The number of hydrogen-bond acceptors (Lipinski definition) is 2. The smallest absolute Gasteiger partial charge is 0.222 e. The van der Waals surface area contributed by atoms with Crippen LogP contribution in [0.25, 0.3) is 0 Å². The van der Waals surface area contributed by atoms with E-state index in [1.165, 1.54) is 0 Å². The van der Waals surface area contributed by atoms with Crippen molar-refractivity contribution in [2.75, 3.05) is 33.2 Å². The maximum Gasteiger partial charge on any atom is 0.222 e. The van der Waals surface area contributed by atoms with Gasteiger partial charge < -0.3 is 15.1 Å². The highest BCUT2D eigenvalue weighted by molar-refractivity contribution is 14.0. The largest absolute Gasteiger partial charge is 0.357 e. The van der Waals surface area contributed by atoms with Crippen LogP contribution in [0.5, 0.6) is 0 Å². The first-order valence-corrected chi connectivity index (χ1v) is 8.99. The van der Waals surface area contributed by atoms with E-state index in [1.54, 1.807) is 0 Å². The molecule has 1 saturated heterocycles. The van der Waals surface area contributed by atoms with Gasteiger partial charge in [-0.1, -0.05) is 23.7 Å². The quantitative estimate of drug-likeness (QED) is 0.283. The third-order valence-corrected chi connectivity index (χ3v) is 4.26. The number of halogens is 2. The van der Waals surface area contributed by atoms with Crippen LogP contribution in [0.15, 0.2) is 29.3 Å². The third kappa shape index (κ3) is 7.40. The minimum Gasteiger partial charge on any atom is -0.357 e. The molecule has 0 aromatic heterocycles. The molecule has 5 nitrogen and oxygen atoms in total. The lowest BCUT2D eigenvalue weighted by molar-refractivity contribution is -0.127. The molecule has 2 rings (SSSR count). The topological polar surface area (TPSA) is 47.9 Å². The molecule has 7 heteroatoms. The third-order valence-electron chi connectivity index (χ3n) is 4.02. The molecule has 0 spiro atoms. The van der Waals surface area contributed by atoms with Crippen LogP contribution >= 0.6 is 35.6 Å². The predicted molar refractivity (Wildman–Crippen MR) is 115 cm³/mol. The first-order chi connectivity index (χ1) is 11.6. The fourth-order valence-corrected chi connectivity index (χ4v) is 3.05. The molecule has 0 atom stereocenters. The van der Waals surface area contributed by atoms with Gasteiger partial charge in [-0.3, -0.25) is 9.79 Å². The van der Waals surface area contributed by atoms with Gasteiger partial charge in [-0.2, -0.15) is 0 Å². The number of guanidine groups is 1. The zero-order valence-electron chi connectivity index (χ0n) is 15.0. The van der Waals surface area contributed by atoms with Gasteiger partial charge in [0, 0.05) is 51.2 Å². The Bertz CT molecular complexity index is 582. The summed E-state index contributed by atoms with van der Waals surface area (Å²) in [5.41, 5.74) is 1.15. The van der Waals surface area contributed by atoms with Crippen LogP contribution in [0.2, 0.25) is 5.02 Å². The van der Waals surface area contributed by atoms with Crippen LogP contribution in [0.4, 0.5) is 0 Å². The summed E-state index contributed by atoms with van der Waals surface area (Å²) in [6.07, 6.45) is 2.59. The van der Waals surface area contributed by atoms with E-state index in [0.717, 1.165) is 55.6 Å². The number of hydrogen-bond donors (Lipinski definition) is 1. The van der Waals surface area contributed by atoms with Gasteiger partial charge in [0.25, 0.3) is 0 Å². The van der Waals surface area contributed by atoms with Crippen molar-refractivity contribution in [2.45, 2.75) is 32.7 Å². The fraction of sp³-hybridized carbons (Fsp3) is 0.556. The highest BCUT2D eigenvalue weighted by Crippen LogP contribution is 2.12. The number of rotatable bonds is 7. The second kappa shape index (κ2) is 11.6. The molecule has 0 radical (unpaired) electrons. The number of carbonyl (C=O) groups is 1. The van der Waals surface area contributed by atoms with Gasteiger partial charge in [0.05, 0.1) is 0 Å². The molecular weight excluding hydrogens is 451 g/mol. The van der Waals surface area contributed by atoms with E-state index in [2.05, 4.69) is 28.2 Å². The molecule has 0 unspecified atom stereocenters. The Balaban J connectivity index is 0.00000312. The molecule has 1 aromatic carbocycles. The molecule has 1 aliphatic heterocycles. The highest BCUT2D eigenvalue weighted by atomic mass is 127. The van der Waals surface area contributed by atoms with Crippen molar-refractivity contribution in [2.24, 2.45) is 4.99 Å². The lowest BCUT2D eigenvalue weighted by Gasteiger charge is -2.22. The summed E-state index contributed by atoms with van der Waals surface area (Å²) in [7, 11) is 2.02. The maximum absolute atomic E-state index is 11.6. The average Bonchev–Trinajstić information content (AvgIpc) is 2.95. The summed E-state index contributed by atoms with van der Waals surface area (Å²) in [5, 5.41) is 4.07. The van der Waals surface area contributed by atoms with Crippen molar-refractivity contribution < 1.29 is 4.79 Å². The Kier molecular flexibility index (Phi) is 10.2. The molecule has 1 heterocycles. The minimum atomic E-state index is 0. The molecule has 25 heavy (non-hydrogen) atoms. The SMILES string of the molecule is CCNC(=NCCCN1CCCC1=O)N(C)Cc1cccc(Cl)c1.I. The molecule has 1 aliphatic rings. The van der Waals surface area contributed by atoms with E-state index in [0.29, 0.717) is 13.0 Å². The summed E-state index contributed by atoms with van der Waals surface area (Å²) in [6, 6.07) is 7.87. The number of benzene rings is 1. The van der Waals surface area contributed by atoms with E-state index in [4.69, 9.17) is 11.6 Å². The molecule has 1 aromatic rings. The Hall–Kier alpha value is -1.02. The average molecular weight is 479 g/mol. The number of carbonyl (C=O) groups excluding carboxylic acids is 1. The second-order valence-corrected chi connectivity index (χ2v) is 6.50. The number of amides is 1. The minimum absolute atomic E-state index is 0. The van der Waals surface area contributed by atoms with Crippen molar-refractivity contribution >= 4 is 47.4 Å². The van der Waals surface area contributed by atoms with Crippen LogP contribution < -0.4 is 5.32 Å². The number of likely N-dealkylation sites (tertiary alicyclic amines) is 1. The normalized spacial score (nSPS) is 14.4. The Morgan fingerprint density at radius 2 is 2.24 bits per heavy atom. The van der Waals surface area contributed by atoms with Gasteiger partial charge in [0.15, 0.2) is 5.96 Å². The molecule has 1 N–H and O–H groups in total. The Labute approximate surface area is 172 Å². The number of aliphatic imine (C=N–C) groups is 1. The van der Waals surface area contributed by atoms with Crippen molar-refractivity contribution in [3.05, 3.63) is 34.9 Å². The zero-order chi connectivity index (χ0) is 17.4. The molecule has 1 fully saturated rings. The highest BCUT2D eigenvalue weighted by Gasteiger charge is 2.18. The van der Waals surface area contributed by atoms with Crippen LogP contribution in [0.3, 0.4) is 0 Å². The summed E-state index contributed by atoms with van der Waals surface area (Å²) in [5.74, 6) is 1.16. The lowest BCUT2D eigenvalue weighted by Crippen LogP contribution is -2.38. The van der Waals surface area contributed by atoms with E-state index in [9.17, 15) is 4.79 Å². The van der Waals surface area contributed by atoms with Gasteiger partial charge in [-0.05, 0) is 37.5 Å². The molecular formula is C18H28ClIN4O. The van der Waals surface area contributed by atoms with Gasteiger partial charge in [0.2, 0.25) is 5.91 Å². The van der Waals surface area contributed by atoms with Crippen molar-refractivity contribution in [1.29, 1.82) is 0 Å². The standard InChI is InChI=1S/C18H27ClN4O.HI/c1-3-20-18(21-10-6-12-23-11-5-9-17(23)24)22(2)14-15-7-4-8-16(19)13-15;/h4,7-8,13H,3,5-6,9-12,14H2,1-2H3,(H,20,21);1H. The van der Waals surface area contributed by atoms with Crippen molar-refractivity contribution in [3.63, 3.8) is 0 Å². The van der Waals surface area contributed by atoms with Crippen LogP contribution in [0, 0.1) is 0 Å². The van der Waals surface area contributed by atoms with Gasteiger partial charge in [-0.25, -0.2) is 0 Å². The van der Waals surface area contributed by atoms with Crippen LogP contribution in [0.1, 0.15) is 31.7 Å². The Morgan fingerprint density at radius 1 is 1.44 bits per heavy atom. The van der Waals surface area contributed by atoms with Gasteiger partial charge in [-0.15, -0.1) is 24.0 Å². The molecule has 0 bridgehead atoms. The first kappa shape index (κ1) is 22.0. The fourth-order valence-electron chi connectivity index (χ4n) is 2.84. The lowest BCUT2D eigenvalue weighted by atomic mass is 10.2. The van der Waals surface area contributed by atoms with Crippen molar-refractivity contribution in [1.82, 2.24) is 15.1 Å². The first-order valence-electron chi connectivity index (χ1n) is 8.62. The van der Waals surface area contributed by atoms with E-state index >= 15 is 0 Å². The maximum atomic E-state index is 11.6. The van der Waals surface area contributed by atoms with E-state index < -0.39 is 0 Å². The van der Waals surface area contributed by atoms with Crippen molar-refractivity contribution in [3.8, 4) is 0 Å². The molecule has 1 amide bonds. The summed E-state index contributed by atoms with van der Waals surface area (Å²) < 4.78 is 0. The van der Waals surface area contributed by atoms with Crippen LogP contribution in [-0.4, -0.2) is 54.9 Å². The molecule has 0 saturated carbocycles. The molecule has 0 aliphatic carbocycles. The second-order valence-electron chi connectivity index (χ2n) is 6.06. The number of nitrogens with zero attached hydrogens (tertiary/aromatic N) is 3. The van der Waals surface area contributed by atoms with Crippen LogP contribution in [-0.2, 0) is 11.3 Å². The number of nitrogens with one attached hydrogen (secondary N) is 1. The molecule has 140 valence electrons. The van der Waals surface area contributed by atoms with Gasteiger partial charge in [0.1, 0.15) is 0 Å². The predicted octanol–water partition coefficient (Wildman–Crippen LogP) is 3.37. The summed E-state index contributed by atoms with van der Waals surface area (Å²) >= 11 is 6.05. The summed E-state index contributed by atoms with van der Waals surface area (Å²) in [4.78, 5) is 20.3. The van der Waals surface area contributed by atoms with Gasteiger partial charge >= 0.3 is 0 Å². The zero-order valence-corrected chi connectivity index (χ0v) is 18.1. The summed E-state index contributed by atoms with van der Waals surface area (Å²) in [6.45, 7) is 6.05. The van der Waals surface area contributed by atoms with E-state index in [1.807, 2.05) is 30.1 Å².